The fourth-order valence-corrected chi connectivity index (χ4v) is 4.17. The predicted molar refractivity (Wildman–Crippen MR) is 103 cm³/mol. The highest BCUT2D eigenvalue weighted by atomic mass is 32.2. The van der Waals surface area contributed by atoms with E-state index in [9.17, 15) is 8.42 Å². The van der Waals surface area contributed by atoms with Crippen LogP contribution in [0.25, 0.3) is 0 Å². The van der Waals surface area contributed by atoms with Crippen molar-refractivity contribution in [2.75, 3.05) is 32.5 Å². The van der Waals surface area contributed by atoms with Gasteiger partial charge in [0.25, 0.3) is 0 Å². The van der Waals surface area contributed by atoms with Crippen LogP contribution in [0.3, 0.4) is 0 Å². The minimum absolute atomic E-state index is 0.0325. The number of hydrogen-bond donors (Lipinski definition) is 3. The van der Waals surface area contributed by atoms with Gasteiger partial charge < -0.3 is 15.4 Å². The Bertz CT molecular complexity index is 732. The van der Waals surface area contributed by atoms with Crippen LogP contribution in [0.5, 0.6) is 5.75 Å². The smallest absolute Gasteiger partial charge is 0.213 e. The number of guanidine groups is 1. The van der Waals surface area contributed by atoms with Crippen LogP contribution >= 0.6 is 0 Å². The van der Waals surface area contributed by atoms with Crippen molar-refractivity contribution in [3.8, 4) is 5.75 Å². The number of para-hydroxylation sites is 1. The van der Waals surface area contributed by atoms with Crippen molar-refractivity contribution >= 4 is 16.0 Å². The molecule has 1 aromatic rings. The van der Waals surface area contributed by atoms with Crippen LogP contribution in [0.2, 0.25) is 0 Å². The van der Waals surface area contributed by atoms with Crippen LogP contribution in [0.4, 0.5) is 0 Å². The second kappa shape index (κ2) is 8.73. The SMILES string of the molecule is CN=C(NCCS(=O)(=O)NCC1CCC1)NC1CCOc2ccccc21. The molecule has 1 aliphatic carbocycles. The van der Waals surface area contributed by atoms with Crippen LogP contribution < -0.4 is 20.1 Å². The van der Waals surface area contributed by atoms with Crippen molar-refractivity contribution in [3.05, 3.63) is 29.8 Å². The number of fused-ring (bicyclic) bond motifs is 1. The third kappa shape index (κ3) is 5.11. The van der Waals surface area contributed by atoms with Gasteiger partial charge in [-0.05, 0) is 24.8 Å². The first-order valence-corrected chi connectivity index (χ1v) is 10.9. The molecule has 0 saturated heterocycles. The number of hydrogen-bond acceptors (Lipinski definition) is 4. The van der Waals surface area contributed by atoms with Gasteiger partial charge in [-0.25, -0.2) is 13.1 Å². The summed E-state index contributed by atoms with van der Waals surface area (Å²) < 4.78 is 32.5. The zero-order chi connectivity index (χ0) is 18.4. The van der Waals surface area contributed by atoms with Crippen molar-refractivity contribution < 1.29 is 13.2 Å². The molecule has 26 heavy (non-hydrogen) atoms. The monoisotopic (exact) mass is 380 g/mol. The zero-order valence-electron chi connectivity index (χ0n) is 15.2. The molecule has 1 saturated carbocycles. The number of nitrogens with one attached hydrogen (secondary N) is 3. The fraction of sp³-hybridized carbons (Fsp3) is 0.611. The molecular formula is C18H28N4O3S. The molecule has 0 spiro atoms. The molecule has 1 unspecified atom stereocenters. The Morgan fingerprint density at radius 1 is 1.27 bits per heavy atom. The number of ether oxygens (including phenoxy) is 1. The Morgan fingerprint density at radius 3 is 2.81 bits per heavy atom. The largest absolute Gasteiger partial charge is 0.493 e. The maximum absolute atomic E-state index is 12.1. The molecule has 8 heteroatoms. The van der Waals surface area contributed by atoms with Crippen molar-refractivity contribution in [1.29, 1.82) is 0 Å². The van der Waals surface area contributed by atoms with Gasteiger partial charge >= 0.3 is 0 Å². The lowest BCUT2D eigenvalue weighted by atomic mass is 9.86. The standard InChI is InChI=1S/C18H28N4O3S/c1-19-18(20-10-12-26(23,24)21-13-14-5-4-6-14)22-16-9-11-25-17-8-3-2-7-15(16)17/h2-3,7-8,14,16,21H,4-6,9-13H2,1H3,(H2,19,20,22). The van der Waals surface area contributed by atoms with E-state index in [1.807, 2.05) is 24.3 Å². The number of rotatable bonds is 7. The van der Waals surface area contributed by atoms with E-state index < -0.39 is 10.0 Å². The van der Waals surface area contributed by atoms with E-state index in [2.05, 4.69) is 20.3 Å². The van der Waals surface area contributed by atoms with E-state index in [0.29, 0.717) is 31.6 Å². The Morgan fingerprint density at radius 2 is 2.08 bits per heavy atom. The fourth-order valence-electron chi connectivity index (χ4n) is 3.17. The quantitative estimate of drug-likeness (QED) is 0.491. The summed E-state index contributed by atoms with van der Waals surface area (Å²) in [5, 5.41) is 6.46. The lowest BCUT2D eigenvalue weighted by Gasteiger charge is -2.28. The van der Waals surface area contributed by atoms with Gasteiger partial charge in [0.1, 0.15) is 5.75 Å². The van der Waals surface area contributed by atoms with Crippen molar-refractivity contribution in [2.24, 2.45) is 10.9 Å². The molecule has 1 heterocycles. The predicted octanol–water partition coefficient (Wildman–Crippen LogP) is 1.39. The molecule has 0 bridgehead atoms. The van der Waals surface area contributed by atoms with E-state index in [1.165, 1.54) is 6.42 Å². The molecule has 1 aromatic carbocycles. The number of nitrogens with zero attached hydrogens (tertiary/aromatic N) is 1. The summed E-state index contributed by atoms with van der Waals surface area (Å²) in [6, 6.07) is 8.03. The number of sulfonamides is 1. The highest BCUT2D eigenvalue weighted by Gasteiger charge is 2.22. The molecule has 3 rings (SSSR count). The van der Waals surface area contributed by atoms with Crippen molar-refractivity contribution in [2.45, 2.75) is 31.7 Å². The first-order valence-electron chi connectivity index (χ1n) is 9.23. The third-order valence-corrected chi connectivity index (χ3v) is 6.32. The van der Waals surface area contributed by atoms with Crippen LogP contribution in [0.1, 0.15) is 37.3 Å². The van der Waals surface area contributed by atoms with Gasteiger partial charge in [0.2, 0.25) is 10.0 Å². The lowest BCUT2D eigenvalue weighted by molar-refractivity contribution is 0.261. The maximum Gasteiger partial charge on any atom is 0.213 e. The summed E-state index contributed by atoms with van der Waals surface area (Å²) in [6.07, 6.45) is 4.30. The van der Waals surface area contributed by atoms with Crippen molar-refractivity contribution in [3.63, 3.8) is 0 Å². The molecule has 3 N–H and O–H groups in total. The zero-order valence-corrected chi connectivity index (χ0v) is 16.0. The molecule has 1 fully saturated rings. The van der Waals surface area contributed by atoms with E-state index in [-0.39, 0.29) is 11.8 Å². The normalized spacial score (nSPS) is 20.7. The molecule has 2 aliphatic rings. The Hall–Kier alpha value is -1.80. The van der Waals surface area contributed by atoms with Gasteiger partial charge in [-0.1, -0.05) is 24.6 Å². The highest BCUT2D eigenvalue weighted by molar-refractivity contribution is 7.89. The van der Waals surface area contributed by atoms with Crippen molar-refractivity contribution in [1.82, 2.24) is 15.4 Å². The first-order chi connectivity index (χ1) is 12.6. The Balaban J connectivity index is 1.46. The molecular weight excluding hydrogens is 352 g/mol. The molecule has 0 amide bonds. The van der Waals surface area contributed by atoms with Gasteiger partial charge in [-0.15, -0.1) is 0 Å². The molecule has 1 atom stereocenters. The maximum atomic E-state index is 12.1. The van der Waals surface area contributed by atoms with E-state index in [4.69, 9.17) is 4.74 Å². The summed E-state index contributed by atoms with van der Waals surface area (Å²) in [5.74, 6) is 2.03. The molecule has 7 nitrogen and oxygen atoms in total. The molecule has 144 valence electrons. The average Bonchev–Trinajstić information content (AvgIpc) is 2.59. The third-order valence-electron chi connectivity index (χ3n) is 4.97. The Kier molecular flexibility index (Phi) is 6.37. The van der Waals surface area contributed by atoms with Crippen LogP contribution in [-0.4, -0.2) is 46.9 Å². The number of aliphatic imine (C=N–C) groups is 1. The summed E-state index contributed by atoms with van der Waals surface area (Å²) >= 11 is 0. The summed E-state index contributed by atoms with van der Waals surface area (Å²) in [7, 11) is -1.57. The van der Waals surface area contributed by atoms with Gasteiger partial charge in [-0.3, -0.25) is 4.99 Å². The summed E-state index contributed by atoms with van der Waals surface area (Å²) in [5.41, 5.74) is 1.09. The average molecular weight is 381 g/mol. The van der Waals surface area contributed by atoms with E-state index in [0.717, 1.165) is 30.6 Å². The molecule has 1 aliphatic heterocycles. The molecule has 0 aromatic heterocycles. The van der Waals surface area contributed by atoms with Crippen LogP contribution in [-0.2, 0) is 10.0 Å². The minimum atomic E-state index is -3.25. The minimum Gasteiger partial charge on any atom is -0.493 e. The first kappa shape index (κ1) is 19.0. The van der Waals surface area contributed by atoms with E-state index >= 15 is 0 Å². The summed E-state index contributed by atoms with van der Waals surface area (Å²) in [4.78, 5) is 4.21. The topological polar surface area (TPSA) is 91.8 Å². The number of benzene rings is 1. The van der Waals surface area contributed by atoms with Crippen LogP contribution in [0.15, 0.2) is 29.3 Å². The second-order valence-corrected chi connectivity index (χ2v) is 8.76. The van der Waals surface area contributed by atoms with Gasteiger partial charge in [-0.2, -0.15) is 0 Å². The van der Waals surface area contributed by atoms with E-state index in [1.54, 1.807) is 7.05 Å². The van der Waals surface area contributed by atoms with Gasteiger partial charge in [0.15, 0.2) is 5.96 Å². The van der Waals surface area contributed by atoms with Crippen LogP contribution in [0, 0.1) is 5.92 Å². The summed E-state index contributed by atoms with van der Waals surface area (Å²) in [6.45, 7) is 1.52. The highest BCUT2D eigenvalue weighted by Crippen LogP contribution is 2.31. The second-order valence-electron chi connectivity index (χ2n) is 6.84. The Labute approximate surface area is 155 Å². The lowest BCUT2D eigenvalue weighted by Crippen LogP contribution is -2.44. The molecule has 0 radical (unpaired) electrons. The van der Waals surface area contributed by atoms with Gasteiger partial charge in [0.05, 0.1) is 18.4 Å². The van der Waals surface area contributed by atoms with Gasteiger partial charge in [0, 0.05) is 32.1 Å².